The van der Waals surface area contributed by atoms with Crippen LogP contribution in [-0.2, 0) is 9.53 Å². The molecule has 10 heteroatoms. The molecule has 1 amide bonds. The number of halogens is 1. The average Bonchev–Trinajstić information content (AvgIpc) is 2.38. The van der Waals surface area contributed by atoms with Gasteiger partial charge in [0.2, 0.25) is 17.0 Å². The fourth-order valence-corrected chi connectivity index (χ4v) is 1.43. The summed E-state index contributed by atoms with van der Waals surface area (Å²) in [6.45, 7) is 1.02. The van der Waals surface area contributed by atoms with Gasteiger partial charge in [-0.1, -0.05) is 0 Å². The van der Waals surface area contributed by atoms with Crippen molar-refractivity contribution in [3.63, 3.8) is 0 Å². The summed E-state index contributed by atoms with van der Waals surface area (Å²) in [4.78, 5) is 28.8. The van der Waals surface area contributed by atoms with Gasteiger partial charge in [0.25, 0.3) is 0 Å². The molecule has 0 saturated carbocycles. The minimum atomic E-state index is -0.628. The van der Waals surface area contributed by atoms with Crippen LogP contribution < -0.4 is 10.6 Å². The van der Waals surface area contributed by atoms with Gasteiger partial charge in [-0.2, -0.15) is 4.98 Å². The first-order valence-electron chi connectivity index (χ1n) is 5.71. The number of nitro groups is 1. The molecule has 1 aromatic rings. The van der Waals surface area contributed by atoms with E-state index in [1.807, 2.05) is 0 Å². The molecule has 110 valence electrons. The molecule has 0 unspecified atom stereocenters. The van der Waals surface area contributed by atoms with Gasteiger partial charge < -0.3 is 15.4 Å². The molecule has 9 nitrogen and oxygen atoms in total. The van der Waals surface area contributed by atoms with Crippen molar-refractivity contribution in [3.8, 4) is 0 Å². The van der Waals surface area contributed by atoms with Gasteiger partial charge >= 0.3 is 5.69 Å². The molecule has 1 rings (SSSR count). The molecule has 0 saturated heterocycles. The van der Waals surface area contributed by atoms with Crippen LogP contribution in [0.3, 0.4) is 0 Å². The third kappa shape index (κ3) is 5.33. The topological polar surface area (TPSA) is 119 Å². The lowest BCUT2D eigenvalue weighted by atomic mass is 10.3. The van der Waals surface area contributed by atoms with Crippen LogP contribution in [0, 0.1) is 10.1 Å². The first kappa shape index (κ1) is 16.1. The Morgan fingerprint density at radius 1 is 1.55 bits per heavy atom. The predicted octanol–water partition coefficient (Wildman–Crippen LogP) is 0.603. The number of hydrogen-bond acceptors (Lipinski definition) is 7. The molecule has 0 atom stereocenters. The fraction of sp³-hybridized carbons (Fsp3) is 0.500. The van der Waals surface area contributed by atoms with Gasteiger partial charge in [-0.25, -0.2) is 4.98 Å². The van der Waals surface area contributed by atoms with Crippen molar-refractivity contribution < 1.29 is 14.5 Å². The van der Waals surface area contributed by atoms with Crippen molar-refractivity contribution in [2.24, 2.45) is 0 Å². The third-order valence-electron chi connectivity index (χ3n) is 2.21. The molecule has 0 aliphatic carbocycles. The fourth-order valence-electron chi connectivity index (χ4n) is 1.29. The smallest absolute Gasteiger partial charge is 0.329 e. The van der Waals surface area contributed by atoms with E-state index in [9.17, 15) is 14.9 Å². The summed E-state index contributed by atoms with van der Waals surface area (Å²) in [5.74, 6) is -0.211. The number of nitrogens with one attached hydrogen (secondary N) is 2. The number of nitrogens with zero attached hydrogens (tertiary/aromatic N) is 3. The van der Waals surface area contributed by atoms with Crippen LogP contribution in [0.5, 0.6) is 0 Å². The highest BCUT2D eigenvalue weighted by molar-refractivity contribution is 6.28. The largest absolute Gasteiger partial charge is 0.383 e. The van der Waals surface area contributed by atoms with Crippen molar-refractivity contribution in [1.82, 2.24) is 15.3 Å². The van der Waals surface area contributed by atoms with Crippen molar-refractivity contribution in [2.45, 2.75) is 6.42 Å². The second-order valence-corrected chi connectivity index (χ2v) is 3.99. The minimum absolute atomic E-state index is 0.0142. The van der Waals surface area contributed by atoms with Crippen LogP contribution in [0.1, 0.15) is 6.42 Å². The van der Waals surface area contributed by atoms with Crippen LogP contribution in [-0.4, -0.2) is 47.6 Å². The average molecular weight is 304 g/mol. The maximum atomic E-state index is 11.4. The van der Waals surface area contributed by atoms with Gasteiger partial charge in [-0.3, -0.25) is 14.9 Å². The van der Waals surface area contributed by atoms with Gasteiger partial charge in [0, 0.05) is 26.6 Å². The quantitative estimate of drug-likeness (QED) is 0.312. The number of ether oxygens (including phenoxy) is 1. The number of carbonyl (C=O) groups is 1. The summed E-state index contributed by atoms with van der Waals surface area (Å²) in [6, 6.07) is 0. The van der Waals surface area contributed by atoms with E-state index in [4.69, 9.17) is 16.3 Å². The number of amides is 1. The monoisotopic (exact) mass is 303 g/mol. The normalized spacial score (nSPS) is 10.1. The zero-order valence-electron chi connectivity index (χ0n) is 10.8. The molecular weight excluding hydrogens is 290 g/mol. The molecule has 1 heterocycles. The minimum Gasteiger partial charge on any atom is -0.383 e. The predicted molar refractivity (Wildman–Crippen MR) is 71.7 cm³/mol. The van der Waals surface area contributed by atoms with E-state index in [1.165, 1.54) is 7.11 Å². The number of hydrogen-bond donors (Lipinski definition) is 2. The number of carbonyl (C=O) groups excluding carboxylic acids is 1. The SMILES string of the molecule is COCCNC(=O)CCNc1nc(Cl)ncc1[N+](=O)[O-]. The van der Waals surface area contributed by atoms with Gasteiger partial charge in [0.05, 0.1) is 11.5 Å². The number of anilines is 1. The highest BCUT2D eigenvalue weighted by Crippen LogP contribution is 2.21. The van der Waals surface area contributed by atoms with Gasteiger partial charge in [0.15, 0.2) is 0 Å². The van der Waals surface area contributed by atoms with Gasteiger partial charge in [-0.15, -0.1) is 0 Å². The molecule has 0 fully saturated rings. The molecule has 2 N–H and O–H groups in total. The molecular formula is C10H14ClN5O4. The highest BCUT2D eigenvalue weighted by atomic mass is 35.5. The zero-order chi connectivity index (χ0) is 15.0. The van der Waals surface area contributed by atoms with Crippen molar-refractivity contribution >= 4 is 29.0 Å². The Hall–Kier alpha value is -2.00. The first-order valence-corrected chi connectivity index (χ1v) is 6.09. The summed E-state index contributed by atoms with van der Waals surface area (Å²) in [5.41, 5.74) is -0.297. The van der Waals surface area contributed by atoms with Crippen molar-refractivity contribution in [2.75, 3.05) is 32.1 Å². The van der Waals surface area contributed by atoms with Crippen LogP contribution >= 0.6 is 11.6 Å². The van der Waals surface area contributed by atoms with E-state index in [2.05, 4.69) is 20.6 Å². The Balaban J connectivity index is 2.47. The molecule has 0 aromatic carbocycles. The highest BCUT2D eigenvalue weighted by Gasteiger charge is 2.16. The Bertz CT molecular complexity index is 485. The van der Waals surface area contributed by atoms with E-state index in [1.54, 1.807) is 0 Å². The molecule has 1 aromatic heterocycles. The summed E-state index contributed by atoms with van der Waals surface area (Å²) in [7, 11) is 1.53. The maximum Gasteiger partial charge on any atom is 0.329 e. The second kappa shape index (κ2) is 8.23. The molecule has 0 aliphatic rings. The van der Waals surface area contributed by atoms with Crippen LogP contribution in [0.4, 0.5) is 11.5 Å². The second-order valence-electron chi connectivity index (χ2n) is 3.65. The number of methoxy groups -OCH3 is 1. The van der Waals surface area contributed by atoms with Crippen molar-refractivity contribution in [3.05, 3.63) is 21.6 Å². The number of rotatable bonds is 8. The van der Waals surface area contributed by atoms with E-state index in [-0.39, 0.29) is 35.7 Å². The lowest BCUT2D eigenvalue weighted by molar-refractivity contribution is -0.384. The summed E-state index contributed by atoms with van der Waals surface area (Å²) in [6.07, 6.45) is 1.15. The van der Waals surface area contributed by atoms with Gasteiger partial charge in [0.1, 0.15) is 6.20 Å². The first-order chi connectivity index (χ1) is 9.54. The lowest BCUT2D eigenvalue weighted by Gasteiger charge is -2.07. The van der Waals surface area contributed by atoms with E-state index < -0.39 is 4.92 Å². The van der Waals surface area contributed by atoms with Gasteiger partial charge in [-0.05, 0) is 11.6 Å². The Morgan fingerprint density at radius 3 is 2.95 bits per heavy atom. The van der Waals surface area contributed by atoms with E-state index in [0.717, 1.165) is 6.20 Å². The molecule has 0 spiro atoms. The summed E-state index contributed by atoms with van der Waals surface area (Å²) < 4.78 is 4.78. The van der Waals surface area contributed by atoms with Crippen molar-refractivity contribution in [1.29, 1.82) is 0 Å². The third-order valence-corrected chi connectivity index (χ3v) is 2.39. The Morgan fingerprint density at radius 2 is 2.30 bits per heavy atom. The standard InChI is InChI=1S/C10H14ClN5O4/c1-20-5-4-12-8(17)2-3-13-9-7(16(18)19)6-14-10(11)15-9/h6H,2-5H2,1H3,(H,12,17)(H,13,14,15). The van der Waals surface area contributed by atoms with Crippen LogP contribution in [0.25, 0.3) is 0 Å². The van der Waals surface area contributed by atoms with E-state index in [0.29, 0.717) is 13.2 Å². The summed E-state index contributed by atoms with van der Waals surface area (Å²) in [5, 5.41) is 16.0. The molecule has 0 bridgehead atoms. The maximum absolute atomic E-state index is 11.4. The summed E-state index contributed by atoms with van der Waals surface area (Å²) >= 11 is 5.57. The van der Waals surface area contributed by atoms with E-state index >= 15 is 0 Å². The Labute approximate surface area is 119 Å². The molecule has 0 radical (unpaired) electrons. The zero-order valence-corrected chi connectivity index (χ0v) is 11.5. The molecule has 20 heavy (non-hydrogen) atoms. The Kier molecular flexibility index (Phi) is 6.60. The van der Waals surface area contributed by atoms with Crippen LogP contribution in [0.15, 0.2) is 6.20 Å². The molecule has 0 aliphatic heterocycles. The van der Waals surface area contributed by atoms with Crippen LogP contribution in [0.2, 0.25) is 5.28 Å². The lowest BCUT2D eigenvalue weighted by Crippen LogP contribution is -2.28. The number of aromatic nitrogens is 2.